The fourth-order valence-corrected chi connectivity index (χ4v) is 3.49. The van der Waals surface area contributed by atoms with Crippen LogP contribution in [0, 0.1) is 5.82 Å². The van der Waals surface area contributed by atoms with E-state index in [9.17, 15) is 4.39 Å². The van der Waals surface area contributed by atoms with Crippen molar-refractivity contribution in [3.63, 3.8) is 0 Å². The third-order valence-corrected chi connectivity index (χ3v) is 5.09. The van der Waals surface area contributed by atoms with E-state index in [4.69, 9.17) is 4.74 Å². The zero-order chi connectivity index (χ0) is 19.2. The summed E-state index contributed by atoms with van der Waals surface area (Å²) < 4.78 is 20.9. The van der Waals surface area contributed by atoms with E-state index in [0.717, 1.165) is 56.3 Å². The summed E-state index contributed by atoms with van der Waals surface area (Å²) in [4.78, 5) is 8.84. The summed E-state index contributed by atoms with van der Waals surface area (Å²) in [5, 5.41) is 0. The maximum absolute atomic E-state index is 13.1. The van der Waals surface area contributed by atoms with Crippen LogP contribution in [0.25, 0.3) is 5.69 Å². The van der Waals surface area contributed by atoms with E-state index in [1.54, 1.807) is 12.5 Å². The van der Waals surface area contributed by atoms with Crippen molar-refractivity contribution in [1.29, 1.82) is 0 Å². The van der Waals surface area contributed by atoms with Gasteiger partial charge in [-0.05, 0) is 55.0 Å². The number of aromatic nitrogens is 2. The molecule has 2 heterocycles. The van der Waals surface area contributed by atoms with E-state index >= 15 is 0 Å². The molecule has 1 aliphatic rings. The van der Waals surface area contributed by atoms with Crippen LogP contribution < -0.4 is 9.64 Å². The van der Waals surface area contributed by atoms with Crippen molar-refractivity contribution in [3.8, 4) is 11.4 Å². The van der Waals surface area contributed by atoms with E-state index in [-0.39, 0.29) is 5.82 Å². The van der Waals surface area contributed by atoms with Crippen molar-refractivity contribution in [2.75, 3.05) is 44.2 Å². The molecule has 0 N–H and O–H groups in total. The molecule has 1 saturated heterocycles. The monoisotopic (exact) mass is 380 g/mol. The first-order valence-corrected chi connectivity index (χ1v) is 9.72. The normalized spacial score (nSPS) is 15.0. The van der Waals surface area contributed by atoms with Gasteiger partial charge >= 0.3 is 0 Å². The molecule has 0 radical (unpaired) electrons. The van der Waals surface area contributed by atoms with Gasteiger partial charge in [0.1, 0.15) is 11.6 Å². The molecule has 1 aromatic heterocycles. The highest BCUT2D eigenvalue weighted by molar-refractivity contribution is 5.46. The number of ether oxygens (including phenoxy) is 1. The van der Waals surface area contributed by atoms with Crippen LogP contribution in [0.3, 0.4) is 0 Å². The van der Waals surface area contributed by atoms with Crippen LogP contribution in [0.4, 0.5) is 10.1 Å². The van der Waals surface area contributed by atoms with Crippen LogP contribution in [0.2, 0.25) is 0 Å². The zero-order valence-electron chi connectivity index (χ0n) is 15.9. The summed E-state index contributed by atoms with van der Waals surface area (Å²) in [7, 11) is 0. The first-order chi connectivity index (χ1) is 13.8. The Kier molecular flexibility index (Phi) is 5.87. The highest BCUT2D eigenvalue weighted by Crippen LogP contribution is 2.18. The van der Waals surface area contributed by atoms with Crippen molar-refractivity contribution in [3.05, 3.63) is 73.1 Å². The van der Waals surface area contributed by atoms with Crippen molar-refractivity contribution in [1.82, 2.24) is 14.5 Å². The van der Waals surface area contributed by atoms with Crippen LogP contribution in [0.1, 0.15) is 6.42 Å². The lowest BCUT2D eigenvalue weighted by atomic mass is 10.2. The lowest BCUT2D eigenvalue weighted by Crippen LogP contribution is -2.46. The smallest absolute Gasteiger partial charge is 0.123 e. The summed E-state index contributed by atoms with van der Waals surface area (Å²) in [6.07, 6.45) is 6.47. The minimum atomic E-state index is -0.182. The zero-order valence-corrected chi connectivity index (χ0v) is 15.9. The Morgan fingerprint density at radius 2 is 1.61 bits per heavy atom. The van der Waals surface area contributed by atoms with Gasteiger partial charge in [0.2, 0.25) is 0 Å². The number of halogens is 1. The Morgan fingerprint density at radius 3 is 2.29 bits per heavy atom. The number of rotatable bonds is 7. The largest absolute Gasteiger partial charge is 0.494 e. The van der Waals surface area contributed by atoms with Crippen molar-refractivity contribution < 1.29 is 9.13 Å². The molecule has 28 heavy (non-hydrogen) atoms. The van der Waals surface area contributed by atoms with Crippen LogP contribution in [-0.2, 0) is 0 Å². The number of nitrogens with zero attached hydrogens (tertiary/aromatic N) is 4. The van der Waals surface area contributed by atoms with Crippen LogP contribution in [-0.4, -0.2) is 53.8 Å². The van der Waals surface area contributed by atoms with Gasteiger partial charge in [0.05, 0.1) is 12.9 Å². The molecule has 0 spiro atoms. The van der Waals surface area contributed by atoms with E-state index in [0.29, 0.717) is 6.61 Å². The van der Waals surface area contributed by atoms with Crippen molar-refractivity contribution >= 4 is 5.69 Å². The molecule has 0 aliphatic carbocycles. The molecule has 0 atom stereocenters. The summed E-state index contributed by atoms with van der Waals surface area (Å²) in [5.41, 5.74) is 2.17. The molecule has 3 aromatic rings. The molecule has 1 aliphatic heterocycles. The molecule has 146 valence electrons. The molecule has 5 nitrogen and oxygen atoms in total. The molecule has 1 fully saturated rings. The van der Waals surface area contributed by atoms with Crippen LogP contribution in [0.5, 0.6) is 5.75 Å². The average molecular weight is 380 g/mol. The van der Waals surface area contributed by atoms with Gasteiger partial charge in [-0.3, -0.25) is 4.90 Å². The van der Waals surface area contributed by atoms with Gasteiger partial charge in [-0.1, -0.05) is 0 Å². The predicted molar refractivity (Wildman–Crippen MR) is 109 cm³/mol. The number of piperazine rings is 1. The standard InChI is InChI=1S/C22H25FN4O/c23-19-2-4-20(5-3-19)26-15-13-25(14-16-26)11-1-17-28-22-8-6-21(7-9-22)27-12-10-24-18-27/h2-10,12,18H,1,11,13-17H2. The van der Waals surface area contributed by atoms with Crippen molar-refractivity contribution in [2.45, 2.75) is 6.42 Å². The van der Waals surface area contributed by atoms with Gasteiger partial charge in [0.15, 0.2) is 0 Å². The molecule has 0 unspecified atom stereocenters. The number of anilines is 1. The first-order valence-electron chi connectivity index (χ1n) is 9.72. The Labute approximate surface area is 165 Å². The molecule has 0 saturated carbocycles. The summed E-state index contributed by atoms with van der Waals surface area (Å²) in [5.74, 6) is 0.712. The molecular weight excluding hydrogens is 355 g/mol. The summed E-state index contributed by atoms with van der Waals surface area (Å²) >= 11 is 0. The van der Waals surface area contributed by atoms with Crippen LogP contribution >= 0.6 is 0 Å². The van der Waals surface area contributed by atoms with Gasteiger partial charge in [0, 0.05) is 56.5 Å². The van der Waals surface area contributed by atoms with Crippen molar-refractivity contribution in [2.24, 2.45) is 0 Å². The van der Waals surface area contributed by atoms with Crippen LogP contribution in [0.15, 0.2) is 67.3 Å². The van der Waals surface area contributed by atoms with E-state index in [2.05, 4.69) is 14.8 Å². The second-order valence-corrected chi connectivity index (χ2v) is 6.97. The lowest BCUT2D eigenvalue weighted by Gasteiger charge is -2.36. The number of benzene rings is 2. The van der Waals surface area contributed by atoms with Gasteiger partial charge in [-0.25, -0.2) is 9.37 Å². The molecular formula is C22H25FN4O. The highest BCUT2D eigenvalue weighted by Gasteiger charge is 2.16. The van der Waals surface area contributed by atoms with Gasteiger partial charge in [-0.15, -0.1) is 0 Å². The fourth-order valence-electron chi connectivity index (χ4n) is 3.49. The Hall–Kier alpha value is -2.86. The Bertz CT molecular complexity index is 841. The van der Waals surface area contributed by atoms with Gasteiger partial charge in [-0.2, -0.15) is 0 Å². The number of hydrogen-bond acceptors (Lipinski definition) is 4. The SMILES string of the molecule is Fc1ccc(N2CCN(CCCOc3ccc(-n4ccnc4)cc3)CC2)cc1. The third-order valence-electron chi connectivity index (χ3n) is 5.09. The first kappa shape index (κ1) is 18.5. The third kappa shape index (κ3) is 4.70. The topological polar surface area (TPSA) is 33.5 Å². The minimum Gasteiger partial charge on any atom is -0.494 e. The second kappa shape index (κ2) is 8.89. The second-order valence-electron chi connectivity index (χ2n) is 6.97. The number of imidazole rings is 1. The van der Waals surface area contributed by atoms with E-state index in [1.165, 1.54) is 12.1 Å². The molecule has 6 heteroatoms. The summed E-state index contributed by atoms with van der Waals surface area (Å²) in [6.45, 7) is 5.74. The Balaban J connectivity index is 1.16. The van der Waals surface area contributed by atoms with E-state index < -0.39 is 0 Å². The fraction of sp³-hybridized carbons (Fsp3) is 0.318. The maximum atomic E-state index is 13.1. The quantitative estimate of drug-likeness (QED) is 0.587. The molecule has 0 amide bonds. The highest BCUT2D eigenvalue weighted by atomic mass is 19.1. The maximum Gasteiger partial charge on any atom is 0.123 e. The lowest BCUT2D eigenvalue weighted by molar-refractivity contribution is 0.224. The van der Waals surface area contributed by atoms with Gasteiger partial charge < -0.3 is 14.2 Å². The summed E-state index contributed by atoms with van der Waals surface area (Å²) in [6, 6.07) is 14.8. The predicted octanol–water partition coefficient (Wildman–Crippen LogP) is 3.60. The van der Waals surface area contributed by atoms with E-state index in [1.807, 2.05) is 47.2 Å². The molecule has 0 bridgehead atoms. The minimum absolute atomic E-state index is 0.182. The molecule has 4 rings (SSSR count). The van der Waals surface area contributed by atoms with Gasteiger partial charge in [0.25, 0.3) is 0 Å². The Morgan fingerprint density at radius 1 is 0.893 bits per heavy atom. The number of hydrogen-bond donors (Lipinski definition) is 0. The average Bonchev–Trinajstić information content (AvgIpc) is 3.28. The molecule has 2 aromatic carbocycles.